The maximum atomic E-state index is 12.9. The van der Waals surface area contributed by atoms with Crippen LogP contribution in [0.4, 0.5) is 5.82 Å². The van der Waals surface area contributed by atoms with Crippen LogP contribution < -0.4 is 5.73 Å². The van der Waals surface area contributed by atoms with Crippen molar-refractivity contribution in [3.63, 3.8) is 0 Å². The van der Waals surface area contributed by atoms with E-state index in [4.69, 9.17) is 10.5 Å². The summed E-state index contributed by atoms with van der Waals surface area (Å²) < 4.78 is 7.07. The summed E-state index contributed by atoms with van der Waals surface area (Å²) >= 11 is 0. The molecule has 0 aliphatic carbocycles. The Hall–Kier alpha value is -3.71. The third kappa shape index (κ3) is 3.43. The van der Waals surface area contributed by atoms with Crippen LogP contribution in [-0.4, -0.2) is 51.9 Å². The number of aromatic nitrogens is 3. The van der Waals surface area contributed by atoms with Gasteiger partial charge in [-0.05, 0) is 34.7 Å². The second kappa shape index (κ2) is 7.52. The van der Waals surface area contributed by atoms with Crippen LogP contribution >= 0.6 is 0 Å². The number of nitrogens with two attached hydrogens (primary N) is 1. The number of rotatable bonds is 4. The third-order valence-electron chi connectivity index (χ3n) is 5.87. The average molecular weight is 413 g/mol. The van der Waals surface area contributed by atoms with E-state index in [9.17, 15) is 4.79 Å². The van der Waals surface area contributed by atoms with Crippen molar-refractivity contribution in [2.24, 2.45) is 7.05 Å². The zero-order valence-corrected chi connectivity index (χ0v) is 17.4. The molecule has 0 bridgehead atoms. The summed E-state index contributed by atoms with van der Waals surface area (Å²) in [7, 11) is 3.57. The first-order chi connectivity index (χ1) is 15.0. The molecule has 0 spiro atoms. The number of hydrogen-bond acceptors (Lipinski definition) is 5. The molecule has 0 atom stereocenters. The molecule has 0 saturated carbocycles. The molecule has 3 heterocycles. The van der Waals surface area contributed by atoms with Crippen LogP contribution in [0.5, 0.6) is 0 Å². The van der Waals surface area contributed by atoms with Crippen molar-refractivity contribution in [1.29, 1.82) is 0 Å². The molecule has 156 valence electrons. The van der Waals surface area contributed by atoms with Gasteiger partial charge in [-0.1, -0.05) is 24.3 Å². The number of carbonyl (C=O) groups is 1. The Labute approximate surface area is 180 Å². The highest BCUT2D eigenvalue weighted by atomic mass is 16.5. The predicted octanol–water partition coefficient (Wildman–Crippen LogP) is 3.36. The van der Waals surface area contributed by atoms with Gasteiger partial charge in [-0.2, -0.15) is 5.10 Å². The molecule has 2 aromatic heterocycles. The summed E-state index contributed by atoms with van der Waals surface area (Å²) in [5.74, 6) is 0.455. The molecule has 7 heteroatoms. The van der Waals surface area contributed by atoms with Gasteiger partial charge in [0, 0.05) is 61.7 Å². The second-order valence-corrected chi connectivity index (χ2v) is 7.87. The molecule has 0 radical (unpaired) electrons. The minimum atomic E-state index is 0.00320. The van der Waals surface area contributed by atoms with Gasteiger partial charge in [0.2, 0.25) is 0 Å². The van der Waals surface area contributed by atoms with Gasteiger partial charge in [0.25, 0.3) is 5.91 Å². The van der Waals surface area contributed by atoms with Gasteiger partial charge in [0.05, 0.1) is 12.3 Å². The number of aryl methyl sites for hydroxylation is 1. The highest BCUT2D eigenvalue weighted by Crippen LogP contribution is 2.33. The predicted molar refractivity (Wildman–Crippen MR) is 120 cm³/mol. The number of fused-ring (bicyclic) bond motifs is 1. The van der Waals surface area contributed by atoms with Crippen molar-refractivity contribution >= 4 is 22.5 Å². The van der Waals surface area contributed by atoms with Crippen molar-refractivity contribution in [3.05, 3.63) is 66.6 Å². The van der Waals surface area contributed by atoms with Gasteiger partial charge in [0.15, 0.2) is 0 Å². The van der Waals surface area contributed by atoms with Crippen LogP contribution in [0, 0.1) is 0 Å². The molecule has 31 heavy (non-hydrogen) atoms. The molecular formula is C24H23N5O2. The summed E-state index contributed by atoms with van der Waals surface area (Å²) in [5.41, 5.74) is 10.9. The van der Waals surface area contributed by atoms with Crippen LogP contribution in [0.15, 0.2) is 61.1 Å². The largest absolute Gasteiger partial charge is 0.383 e. The molecule has 0 unspecified atom stereocenters. The first kappa shape index (κ1) is 19.3. The van der Waals surface area contributed by atoms with Crippen LogP contribution in [-0.2, 0) is 11.8 Å². The standard InChI is InChI=1S/C24H23N5O2/c1-28-12-18(10-27-28)15-3-5-16(6-4-15)22-11-26-23(25)20-8-7-17(9-21(20)22)24(30)29-13-19(14-29)31-2/h3-12,19H,13-14H2,1-2H3,(H2,25,26). The molecule has 1 amide bonds. The zero-order chi connectivity index (χ0) is 21.5. The van der Waals surface area contributed by atoms with Crippen LogP contribution in [0.1, 0.15) is 10.4 Å². The molecule has 2 aromatic carbocycles. The van der Waals surface area contributed by atoms with E-state index < -0.39 is 0 Å². The Kier molecular flexibility index (Phi) is 4.67. The van der Waals surface area contributed by atoms with E-state index in [0.29, 0.717) is 24.5 Å². The lowest BCUT2D eigenvalue weighted by Crippen LogP contribution is -2.54. The van der Waals surface area contributed by atoms with E-state index in [1.807, 2.05) is 37.6 Å². The van der Waals surface area contributed by atoms with Gasteiger partial charge in [-0.15, -0.1) is 0 Å². The number of hydrogen-bond donors (Lipinski definition) is 1. The van der Waals surface area contributed by atoms with Gasteiger partial charge in [-0.25, -0.2) is 4.98 Å². The highest BCUT2D eigenvalue weighted by Gasteiger charge is 2.31. The number of ether oxygens (including phenoxy) is 1. The molecule has 1 aliphatic heterocycles. The number of benzene rings is 2. The number of nitrogens with zero attached hydrogens (tertiary/aromatic N) is 4. The molecule has 1 aliphatic rings. The topological polar surface area (TPSA) is 86.3 Å². The normalized spacial score (nSPS) is 14.1. The van der Waals surface area contributed by atoms with Crippen molar-refractivity contribution in [3.8, 4) is 22.3 Å². The lowest BCUT2D eigenvalue weighted by atomic mass is 9.96. The fourth-order valence-electron chi connectivity index (χ4n) is 3.97. The van der Waals surface area contributed by atoms with Gasteiger partial charge >= 0.3 is 0 Å². The Balaban J connectivity index is 1.52. The van der Waals surface area contributed by atoms with Gasteiger partial charge in [-0.3, -0.25) is 9.48 Å². The van der Waals surface area contributed by atoms with Crippen LogP contribution in [0.3, 0.4) is 0 Å². The Morgan fingerprint density at radius 3 is 2.45 bits per heavy atom. The first-order valence-electron chi connectivity index (χ1n) is 10.1. The molecule has 2 N–H and O–H groups in total. The fourth-order valence-corrected chi connectivity index (χ4v) is 3.97. The highest BCUT2D eigenvalue weighted by molar-refractivity contribution is 6.06. The lowest BCUT2D eigenvalue weighted by molar-refractivity contribution is -0.0191. The van der Waals surface area contributed by atoms with E-state index in [0.717, 1.165) is 33.0 Å². The van der Waals surface area contributed by atoms with Crippen molar-refractivity contribution in [2.75, 3.05) is 25.9 Å². The summed E-state index contributed by atoms with van der Waals surface area (Å²) in [6.45, 7) is 1.24. The molecule has 1 fully saturated rings. The number of pyridine rings is 1. The van der Waals surface area contributed by atoms with E-state index in [-0.39, 0.29) is 12.0 Å². The van der Waals surface area contributed by atoms with Crippen LogP contribution in [0.2, 0.25) is 0 Å². The summed E-state index contributed by atoms with van der Waals surface area (Å²) in [6, 6.07) is 13.9. The minimum Gasteiger partial charge on any atom is -0.383 e. The molecule has 1 saturated heterocycles. The number of amides is 1. The molecular weight excluding hydrogens is 390 g/mol. The molecule has 4 aromatic rings. The van der Waals surface area contributed by atoms with Crippen molar-refractivity contribution < 1.29 is 9.53 Å². The zero-order valence-electron chi connectivity index (χ0n) is 17.4. The Morgan fingerprint density at radius 1 is 1.03 bits per heavy atom. The fraction of sp³-hybridized carbons (Fsp3) is 0.208. The third-order valence-corrected chi connectivity index (χ3v) is 5.87. The molecule has 5 rings (SSSR count). The number of methoxy groups -OCH3 is 1. The van der Waals surface area contributed by atoms with E-state index in [1.165, 1.54) is 0 Å². The minimum absolute atomic E-state index is 0.00320. The van der Waals surface area contributed by atoms with Gasteiger partial charge in [0.1, 0.15) is 5.82 Å². The Morgan fingerprint density at radius 2 is 1.77 bits per heavy atom. The number of carbonyl (C=O) groups excluding carboxylic acids is 1. The summed E-state index contributed by atoms with van der Waals surface area (Å²) in [4.78, 5) is 19.1. The van der Waals surface area contributed by atoms with Crippen molar-refractivity contribution in [1.82, 2.24) is 19.7 Å². The maximum Gasteiger partial charge on any atom is 0.254 e. The van der Waals surface area contributed by atoms with Crippen molar-refractivity contribution in [2.45, 2.75) is 6.10 Å². The Bertz CT molecular complexity index is 1270. The number of likely N-dealkylation sites (tertiary alicyclic amines) is 1. The smallest absolute Gasteiger partial charge is 0.254 e. The number of nitrogen functional groups attached to an aromatic ring is 1. The summed E-state index contributed by atoms with van der Waals surface area (Å²) in [5, 5.41) is 5.99. The van der Waals surface area contributed by atoms with Gasteiger partial charge < -0.3 is 15.4 Å². The monoisotopic (exact) mass is 413 g/mol. The summed E-state index contributed by atoms with van der Waals surface area (Å²) in [6.07, 6.45) is 5.72. The van der Waals surface area contributed by atoms with E-state index in [2.05, 4.69) is 34.3 Å². The number of anilines is 1. The quantitative estimate of drug-likeness (QED) is 0.554. The van der Waals surface area contributed by atoms with Crippen LogP contribution in [0.25, 0.3) is 33.0 Å². The maximum absolute atomic E-state index is 12.9. The van der Waals surface area contributed by atoms with E-state index >= 15 is 0 Å². The van der Waals surface area contributed by atoms with E-state index in [1.54, 1.807) is 22.9 Å². The average Bonchev–Trinajstić information content (AvgIpc) is 3.19. The lowest BCUT2D eigenvalue weighted by Gasteiger charge is -2.38. The molecule has 7 nitrogen and oxygen atoms in total. The SMILES string of the molecule is COC1CN(C(=O)c2ccc3c(N)ncc(-c4ccc(-c5cnn(C)c5)cc4)c3c2)C1. The second-order valence-electron chi connectivity index (χ2n) is 7.87. The first-order valence-corrected chi connectivity index (χ1v) is 10.1.